The van der Waals surface area contributed by atoms with Crippen LogP contribution in [-0.4, -0.2) is 85.2 Å². The summed E-state index contributed by atoms with van der Waals surface area (Å²) in [5.41, 5.74) is 1.90. The Morgan fingerprint density at radius 1 is 0.949 bits per heavy atom. The number of rotatable bonds is 16. The van der Waals surface area contributed by atoms with E-state index in [1.54, 1.807) is 35.0 Å². The Labute approximate surface area is 345 Å². The molecule has 0 radical (unpaired) electrons. The largest absolute Gasteiger partial charge is 0.497 e. The normalized spacial score (nSPS) is 20.5. The number of aryl methyl sites for hydroxylation is 1. The van der Waals surface area contributed by atoms with Crippen molar-refractivity contribution in [3.8, 4) is 17.2 Å². The SMILES string of the molecule is COC(=O)CCCCN1C(=O)[C@@]2(O[C@@H](CCn3cc(C(CO)c4ccccc4)nn3)[C@H]([Si](C)(C)c3ccc(OC)cc3)[C@H]2C)c2cc(-n3cccc(OC)c3=O)ccc21. The number of aromatic nitrogens is 4. The van der Waals surface area contributed by atoms with Crippen LogP contribution in [-0.2, 0) is 31.2 Å². The van der Waals surface area contributed by atoms with Crippen LogP contribution < -0.4 is 25.1 Å². The van der Waals surface area contributed by atoms with Crippen LogP contribution in [0.15, 0.2) is 102 Å². The van der Waals surface area contributed by atoms with Crippen molar-refractivity contribution >= 4 is 30.8 Å². The third-order valence-corrected chi connectivity index (χ3v) is 16.8. The minimum Gasteiger partial charge on any atom is -0.497 e. The van der Waals surface area contributed by atoms with Gasteiger partial charge in [-0.25, -0.2) is 0 Å². The number of hydrogen-bond donors (Lipinski definition) is 1. The average Bonchev–Trinajstić information content (AvgIpc) is 3.91. The van der Waals surface area contributed by atoms with Gasteiger partial charge in [0.25, 0.3) is 11.5 Å². The number of benzene rings is 3. The third-order valence-electron chi connectivity index (χ3n) is 12.4. The average molecular weight is 820 g/mol. The van der Waals surface area contributed by atoms with Crippen LogP contribution in [0.4, 0.5) is 5.69 Å². The van der Waals surface area contributed by atoms with Crippen LogP contribution in [0.25, 0.3) is 5.69 Å². The molecule has 2 aliphatic rings. The van der Waals surface area contributed by atoms with E-state index < -0.39 is 13.7 Å². The Morgan fingerprint density at radius 2 is 1.71 bits per heavy atom. The Hall–Kier alpha value is -5.57. The molecule has 14 heteroatoms. The molecular weight excluding hydrogens is 767 g/mol. The number of aliphatic hydroxyl groups excluding tert-OH is 1. The summed E-state index contributed by atoms with van der Waals surface area (Å²) in [6.07, 6.45) is 5.12. The van der Waals surface area contributed by atoms with E-state index >= 15 is 4.79 Å². The number of methoxy groups -OCH3 is 3. The van der Waals surface area contributed by atoms with Gasteiger partial charge in [-0.3, -0.25) is 23.6 Å². The monoisotopic (exact) mass is 819 g/mol. The highest BCUT2D eigenvalue weighted by atomic mass is 28.3. The van der Waals surface area contributed by atoms with E-state index in [0.29, 0.717) is 49.3 Å². The molecule has 7 rings (SSSR count). The molecule has 1 saturated heterocycles. The minimum absolute atomic E-state index is 0.0485. The van der Waals surface area contributed by atoms with Crippen LogP contribution in [0.1, 0.15) is 55.3 Å². The van der Waals surface area contributed by atoms with Gasteiger partial charge < -0.3 is 29.0 Å². The van der Waals surface area contributed by atoms with E-state index in [1.165, 1.54) is 24.0 Å². The first kappa shape index (κ1) is 41.6. The Kier molecular flexibility index (Phi) is 12.2. The molecule has 0 saturated carbocycles. The number of aliphatic hydroxyl groups is 1. The van der Waals surface area contributed by atoms with Gasteiger partial charge in [0.2, 0.25) is 0 Å². The summed E-state index contributed by atoms with van der Waals surface area (Å²) in [4.78, 5) is 42.6. The van der Waals surface area contributed by atoms with Crippen LogP contribution in [0.2, 0.25) is 18.6 Å². The van der Waals surface area contributed by atoms with Crippen LogP contribution in [0.3, 0.4) is 0 Å². The number of hydrogen-bond acceptors (Lipinski definition) is 10. The molecule has 59 heavy (non-hydrogen) atoms. The summed E-state index contributed by atoms with van der Waals surface area (Å²) in [7, 11) is 2.02. The number of carbonyl (C=O) groups is 2. The lowest BCUT2D eigenvalue weighted by Gasteiger charge is -2.37. The van der Waals surface area contributed by atoms with Gasteiger partial charge in [-0.1, -0.05) is 72.9 Å². The molecule has 2 aromatic heterocycles. The van der Waals surface area contributed by atoms with Gasteiger partial charge in [0.1, 0.15) is 5.75 Å². The van der Waals surface area contributed by atoms with Gasteiger partial charge in [0.15, 0.2) is 11.4 Å². The smallest absolute Gasteiger partial charge is 0.305 e. The topological polar surface area (TPSA) is 147 Å². The molecule has 0 aliphatic carbocycles. The van der Waals surface area contributed by atoms with E-state index in [0.717, 1.165) is 17.0 Å². The number of anilines is 1. The molecule has 1 N–H and O–H groups in total. The summed E-state index contributed by atoms with van der Waals surface area (Å²) >= 11 is 0. The summed E-state index contributed by atoms with van der Waals surface area (Å²) < 4.78 is 26.5. The molecule has 0 bridgehead atoms. The number of ether oxygens (including phenoxy) is 4. The van der Waals surface area contributed by atoms with E-state index in [9.17, 15) is 14.7 Å². The van der Waals surface area contributed by atoms with E-state index in [1.807, 2.05) is 66.9 Å². The Morgan fingerprint density at radius 3 is 2.41 bits per heavy atom. The van der Waals surface area contributed by atoms with Crippen molar-refractivity contribution in [2.45, 2.75) is 75.4 Å². The first-order chi connectivity index (χ1) is 28.5. The number of pyridine rings is 1. The number of carbonyl (C=O) groups excluding carboxylic acids is 2. The molecule has 5 atom stereocenters. The summed E-state index contributed by atoms with van der Waals surface area (Å²) in [6, 6.07) is 27.0. The highest BCUT2D eigenvalue weighted by Crippen LogP contribution is 2.60. The Bertz CT molecular complexity index is 2330. The lowest BCUT2D eigenvalue weighted by molar-refractivity contribution is -0.146. The third kappa shape index (κ3) is 7.72. The second-order valence-electron chi connectivity index (χ2n) is 15.9. The van der Waals surface area contributed by atoms with Gasteiger partial charge in [-0.05, 0) is 72.8 Å². The van der Waals surface area contributed by atoms with Crippen molar-refractivity contribution in [1.29, 1.82) is 0 Å². The fraction of sp³-hybridized carbons (Fsp3) is 0.400. The fourth-order valence-corrected chi connectivity index (χ4v) is 13.4. The molecule has 310 valence electrons. The minimum atomic E-state index is -2.48. The van der Waals surface area contributed by atoms with E-state index in [4.69, 9.17) is 18.9 Å². The number of nitrogens with zero attached hydrogens (tertiary/aromatic N) is 5. The molecule has 1 amide bonds. The maximum atomic E-state index is 15.3. The quantitative estimate of drug-likeness (QED) is 0.0762. The summed E-state index contributed by atoms with van der Waals surface area (Å²) in [5, 5.41) is 20.5. The molecule has 13 nitrogen and oxygen atoms in total. The van der Waals surface area contributed by atoms with Gasteiger partial charge >= 0.3 is 5.97 Å². The zero-order chi connectivity index (χ0) is 41.9. The van der Waals surface area contributed by atoms with Crippen LogP contribution in [0, 0.1) is 5.92 Å². The van der Waals surface area contributed by atoms with Crippen molar-refractivity contribution in [3.05, 3.63) is 124 Å². The lowest BCUT2D eigenvalue weighted by atomic mass is 9.82. The second-order valence-corrected chi connectivity index (χ2v) is 20.6. The zero-order valence-corrected chi connectivity index (χ0v) is 35.5. The molecule has 3 aromatic carbocycles. The molecule has 1 spiro atoms. The highest BCUT2D eigenvalue weighted by Gasteiger charge is 2.66. The van der Waals surface area contributed by atoms with Crippen LogP contribution in [0.5, 0.6) is 11.5 Å². The van der Waals surface area contributed by atoms with Crippen LogP contribution >= 0.6 is 0 Å². The maximum Gasteiger partial charge on any atom is 0.305 e. The van der Waals surface area contributed by atoms with E-state index in [2.05, 4.69) is 42.5 Å². The van der Waals surface area contributed by atoms with Crippen molar-refractivity contribution in [2.75, 3.05) is 39.4 Å². The molecule has 1 unspecified atom stereocenters. The first-order valence-corrected chi connectivity index (χ1v) is 23.2. The maximum absolute atomic E-state index is 15.3. The van der Waals surface area contributed by atoms with Crippen molar-refractivity contribution in [1.82, 2.24) is 19.6 Å². The first-order valence-electron chi connectivity index (χ1n) is 20.2. The standard InChI is InChI=1S/C45H53N5O8Si/c1-30-42(59(5,6)34-20-18-33(55-2)19-21-34)39(23-26-48-28-37(46-47-48)35(29-51)31-13-8-7-9-14-31)58-45(30)36-27-32(49-25-12-15-40(56-3)43(49)53)17-22-38(36)50(44(45)54)24-11-10-16-41(52)57-4/h7-9,12-15,17-22,25,27-28,30,35,39,42,51H,10-11,16,23-24,26,29H2,1-6H3/t30-,35?,39+,42-,45+/m1/s1. The predicted molar refractivity (Wildman–Crippen MR) is 226 cm³/mol. The summed E-state index contributed by atoms with van der Waals surface area (Å²) in [6.45, 7) is 7.54. The number of amides is 1. The molecule has 1 fully saturated rings. The van der Waals surface area contributed by atoms with Gasteiger partial charge in [0, 0.05) is 49.1 Å². The molecule has 5 aromatic rings. The number of esters is 1. The van der Waals surface area contributed by atoms with Gasteiger partial charge in [-0.2, -0.15) is 0 Å². The second kappa shape index (κ2) is 17.3. The highest BCUT2D eigenvalue weighted by molar-refractivity contribution is 6.91. The number of unbranched alkanes of at least 4 members (excludes halogenated alkanes) is 1. The summed E-state index contributed by atoms with van der Waals surface area (Å²) in [5.74, 6) is -0.0839. The van der Waals surface area contributed by atoms with Crippen molar-refractivity contribution in [3.63, 3.8) is 0 Å². The zero-order valence-electron chi connectivity index (χ0n) is 34.5. The predicted octanol–water partition coefficient (Wildman–Crippen LogP) is 5.57. The molecule has 4 heterocycles. The van der Waals surface area contributed by atoms with Crippen molar-refractivity contribution < 1.29 is 33.6 Å². The fourth-order valence-electron chi connectivity index (χ4n) is 9.31. The Balaban J connectivity index is 1.30. The molecular formula is C45H53N5O8Si. The van der Waals surface area contributed by atoms with E-state index in [-0.39, 0.29) is 59.7 Å². The van der Waals surface area contributed by atoms with Gasteiger partial charge in [-0.15, -0.1) is 5.10 Å². The lowest BCUT2D eigenvalue weighted by Crippen LogP contribution is -2.52. The molecule has 2 aliphatic heterocycles. The van der Waals surface area contributed by atoms with Crippen molar-refractivity contribution in [2.24, 2.45) is 5.92 Å². The van der Waals surface area contributed by atoms with Gasteiger partial charge in [0.05, 0.1) is 59.4 Å². The number of fused-ring (bicyclic) bond motifs is 2.